The van der Waals surface area contributed by atoms with Gasteiger partial charge in [0.05, 0.1) is 7.11 Å². The molecule has 2 rings (SSSR count). The van der Waals surface area contributed by atoms with Crippen molar-refractivity contribution in [3.05, 3.63) is 35.7 Å². The van der Waals surface area contributed by atoms with E-state index in [0.29, 0.717) is 17.1 Å². The quantitative estimate of drug-likeness (QED) is 0.854. The van der Waals surface area contributed by atoms with Crippen LogP contribution in [0.4, 0.5) is 10.8 Å². The number of esters is 1. The Morgan fingerprint density at radius 1 is 1.58 bits per heavy atom. The molecule has 0 aliphatic carbocycles. The summed E-state index contributed by atoms with van der Waals surface area (Å²) in [6.45, 7) is 0.611. The summed E-state index contributed by atoms with van der Waals surface area (Å²) in [5.74, 6) is -0.274. The summed E-state index contributed by atoms with van der Waals surface area (Å²) < 4.78 is 8.73. The van der Waals surface area contributed by atoms with E-state index in [1.807, 2.05) is 24.1 Å². The Morgan fingerprint density at radius 2 is 2.37 bits per heavy atom. The van der Waals surface area contributed by atoms with E-state index in [0.717, 1.165) is 5.56 Å². The number of anilines is 2. The van der Waals surface area contributed by atoms with E-state index in [4.69, 9.17) is 10.5 Å². The van der Waals surface area contributed by atoms with Gasteiger partial charge in [0, 0.05) is 26.0 Å². The highest BCUT2D eigenvalue weighted by atomic mass is 32.1. The third-order valence-electron chi connectivity index (χ3n) is 2.58. The van der Waals surface area contributed by atoms with Crippen molar-refractivity contribution in [1.82, 2.24) is 9.36 Å². The average Bonchev–Trinajstić information content (AvgIpc) is 2.81. The van der Waals surface area contributed by atoms with E-state index in [1.165, 1.54) is 18.6 Å². The predicted octanol–water partition coefficient (Wildman–Crippen LogP) is 1.54. The molecule has 0 aromatic carbocycles. The summed E-state index contributed by atoms with van der Waals surface area (Å²) >= 11 is 1.18. The Labute approximate surface area is 115 Å². The maximum absolute atomic E-state index is 11.7. The molecule has 0 saturated heterocycles. The summed E-state index contributed by atoms with van der Waals surface area (Å²) in [6.07, 6.45) is 3.49. The highest BCUT2D eigenvalue weighted by Gasteiger charge is 2.22. The smallest absolute Gasteiger partial charge is 0.344 e. The van der Waals surface area contributed by atoms with Gasteiger partial charge in [-0.1, -0.05) is 6.07 Å². The number of pyridine rings is 1. The fourth-order valence-electron chi connectivity index (χ4n) is 1.69. The van der Waals surface area contributed by atoms with Gasteiger partial charge in [0.1, 0.15) is 10.6 Å². The minimum atomic E-state index is -0.473. The predicted molar refractivity (Wildman–Crippen MR) is 74.2 cm³/mol. The van der Waals surface area contributed by atoms with E-state index in [9.17, 15) is 4.79 Å². The number of nitrogens with zero attached hydrogens (tertiary/aromatic N) is 3. The molecule has 0 amide bonds. The fourth-order valence-corrected chi connectivity index (χ4v) is 2.44. The molecule has 0 fully saturated rings. The molecule has 0 spiro atoms. The number of nitrogens with two attached hydrogens (primary N) is 1. The van der Waals surface area contributed by atoms with E-state index in [2.05, 4.69) is 9.36 Å². The van der Waals surface area contributed by atoms with Crippen LogP contribution in [0.15, 0.2) is 24.5 Å². The number of methoxy groups -OCH3 is 1. The van der Waals surface area contributed by atoms with Gasteiger partial charge in [0.15, 0.2) is 5.82 Å². The number of aromatic nitrogens is 2. The molecule has 2 aromatic rings. The first-order chi connectivity index (χ1) is 9.13. The summed E-state index contributed by atoms with van der Waals surface area (Å²) in [6, 6.07) is 3.83. The second kappa shape index (κ2) is 5.66. The molecule has 0 saturated carbocycles. The van der Waals surface area contributed by atoms with Crippen LogP contribution >= 0.6 is 11.5 Å². The molecule has 7 heteroatoms. The molecule has 0 aliphatic heterocycles. The molecule has 6 nitrogen and oxygen atoms in total. The van der Waals surface area contributed by atoms with Crippen molar-refractivity contribution < 1.29 is 9.53 Å². The second-order valence-electron chi connectivity index (χ2n) is 3.96. The molecule has 19 heavy (non-hydrogen) atoms. The zero-order valence-electron chi connectivity index (χ0n) is 10.7. The minimum Gasteiger partial charge on any atom is -0.465 e. The monoisotopic (exact) mass is 278 g/mol. The molecule has 0 unspecified atom stereocenters. The Balaban J connectivity index is 2.24. The van der Waals surface area contributed by atoms with Crippen LogP contribution in [0.2, 0.25) is 0 Å². The van der Waals surface area contributed by atoms with Crippen molar-refractivity contribution in [3.63, 3.8) is 0 Å². The van der Waals surface area contributed by atoms with E-state index in [1.54, 1.807) is 12.4 Å². The molecule has 2 aromatic heterocycles. The lowest BCUT2D eigenvalue weighted by Gasteiger charge is -2.17. The standard InChI is InChI=1S/C12H14N4O2S/c1-16(7-8-4-3-5-14-6-8)11-9(12(17)18-2)10(13)15-19-11/h3-6H,7H2,1-2H3,(H2,13,15). The second-order valence-corrected chi connectivity index (χ2v) is 4.71. The van der Waals surface area contributed by atoms with Gasteiger partial charge >= 0.3 is 5.97 Å². The van der Waals surface area contributed by atoms with Gasteiger partial charge < -0.3 is 15.4 Å². The number of ether oxygens (including phenoxy) is 1. The number of hydrogen-bond acceptors (Lipinski definition) is 7. The molecule has 0 bridgehead atoms. The SMILES string of the molecule is COC(=O)c1c(N)nsc1N(C)Cc1cccnc1. The molecular weight excluding hydrogens is 264 g/mol. The van der Waals surface area contributed by atoms with Crippen molar-refractivity contribution >= 4 is 28.3 Å². The lowest BCUT2D eigenvalue weighted by atomic mass is 10.2. The van der Waals surface area contributed by atoms with Gasteiger partial charge in [-0.2, -0.15) is 4.37 Å². The fraction of sp³-hybridized carbons (Fsp3) is 0.250. The lowest BCUT2D eigenvalue weighted by molar-refractivity contribution is 0.0603. The zero-order chi connectivity index (χ0) is 13.8. The molecule has 100 valence electrons. The van der Waals surface area contributed by atoms with Crippen molar-refractivity contribution in [2.45, 2.75) is 6.54 Å². The first-order valence-electron chi connectivity index (χ1n) is 5.57. The van der Waals surface area contributed by atoms with E-state index >= 15 is 0 Å². The number of carbonyl (C=O) groups excluding carboxylic acids is 1. The van der Waals surface area contributed by atoms with Gasteiger partial charge in [0.2, 0.25) is 0 Å². The van der Waals surface area contributed by atoms with Crippen LogP contribution in [0, 0.1) is 0 Å². The summed E-state index contributed by atoms with van der Waals surface area (Å²) in [5.41, 5.74) is 7.06. The summed E-state index contributed by atoms with van der Waals surface area (Å²) in [5, 5.41) is 0.688. The lowest BCUT2D eigenvalue weighted by Crippen LogP contribution is -2.18. The maximum atomic E-state index is 11.7. The van der Waals surface area contributed by atoms with Crippen LogP contribution in [-0.2, 0) is 11.3 Å². The van der Waals surface area contributed by atoms with Crippen molar-refractivity contribution in [2.24, 2.45) is 0 Å². The highest BCUT2D eigenvalue weighted by molar-refractivity contribution is 7.11. The summed E-state index contributed by atoms with van der Waals surface area (Å²) in [7, 11) is 3.19. The van der Waals surface area contributed by atoms with Crippen LogP contribution in [0.3, 0.4) is 0 Å². The molecule has 2 N–H and O–H groups in total. The van der Waals surface area contributed by atoms with Gasteiger partial charge in [-0.25, -0.2) is 4.79 Å². The highest BCUT2D eigenvalue weighted by Crippen LogP contribution is 2.31. The van der Waals surface area contributed by atoms with Crippen molar-refractivity contribution in [1.29, 1.82) is 0 Å². The average molecular weight is 278 g/mol. The Hall–Kier alpha value is -2.15. The van der Waals surface area contributed by atoms with Crippen LogP contribution in [-0.4, -0.2) is 29.5 Å². The maximum Gasteiger partial charge on any atom is 0.344 e. The first kappa shape index (κ1) is 13.3. The third-order valence-corrected chi connectivity index (χ3v) is 3.56. The van der Waals surface area contributed by atoms with Crippen LogP contribution in [0.1, 0.15) is 15.9 Å². The Morgan fingerprint density at radius 3 is 3.00 bits per heavy atom. The van der Waals surface area contributed by atoms with E-state index < -0.39 is 5.97 Å². The normalized spacial score (nSPS) is 10.2. The van der Waals surface area contributed by atoms with Crippen LogP contribution in [0.5, 0.6) is 0 Å². The van der Waals surface area contributed by atoms with Crippen LogP contribution in [0.25, 0.3) is 0 Å². The summed E-state index contributed by atoms with van der Waals surface area (Å²) in [4.78, 5) is 17.7. The Bertz CT molecular complexity index is 570. The minimum absolute atomic E-state index is 0.199. The molecule has 2 heterocycles. The number of rotatable bonds is 4. The van der Waals surface area contributed by atoms with Gasteiger partial charge in [0.25, 0.3) is 0 Å². The van der Waals surface area contributed by atoms with Gasteiger partial charge in [-0.15, -0.1) is 0 Å². The zero-order valence-corrected chi connectivity index (χ0v) is 11.5. The van der Waals surface area contributed by atoms with Crippen molar-refractivity contribution in [3.8, 4) is 0 Å². The molecule has 0 aliphatic rings. The number of nitrogen functional groups attached to an aromatic ring is 1. The largest absolute Gasteiger partial charge is 0.465 e. The number of carbonyl (C=O) groups is 1. The van der Waals surface area contributed by atoms with Gasteiger partial charge in [-0.05, 0) is 23.2 Å². The van der Waals surface area contributed by atoms with E-state index in [-0.39, 0.29) is 5.82 Å². The molecular formula is C12H14N4O2S. The topological polar surface area (TPSA) is 81.3 Å². The number of hydrogen-bond donors (Lipinski definition) is 1. The third kappa shape index (κ3) is 2.82. The molecule has 0 atom stereocenters. The first-order valence-corrected chi connectivity index (χ1v) is 6.34. The Kier molecular flexibility index (Phi) is 3.96. The van der Waals surface area contributed by atoms with Crippen LogP contribution < -0.4 is 10.6 Å². The van der Waals surface area contributed by atoms with Gasteiger partial charge in [-0.3, -0.25) is 4.98 Å². The molecule has 0 radical (unpaired) electrons. The van der Waals surface area contributed by atoms with Crippen molar-refractivity contribution in [2.75, 3.05) is 24.8 Å².